The average molecular weight is 321 g/mol. The van der Waals surface area contributed by atoms with E-state index in [1.807, 2.05) is 13.8 Å². The van der Waals surface area contributed by atoms with E-state index >= 15 is 0 Å². The van der Waals surface area contributed by atoms with Crippen molar-refractivity contribution in [3.8, 4) is 0 Å². The van der Waals surface area contributed by atoms with Gasteiger partial charge in [0.15, 0.2) is 0 Å². The number of thiocarbonyl (C=S) groups is 1. The van der Waals surface area contributed by atoms with Gasteiger partial charge in [-0.15, -0.1) is 0 Å². The molecule has 1 rings (SSSR count). The van der Waals surface area contributed by atoms with Crippen LogP contribution in [0.5, 0.6) is 0 Å². The Morgan fingerprint density at radius 2 is 2.16 bits per heavy atom. The quantitative estimate of drug-likeness (QED) is 0.790. The van der Waals surface area contributed by atoms with E-state index in [4.69, 9.17) is 29.6 Å². The van der Waals surface area contributed by atoms with Gasteiger partial charge in [0, 0.05) is 11.6 Å². The van der Waals surface area contributed by atoms with Crippen LogP contribution in [0.3, 0.4) is 0 Å². The van der Waals surface area contributed by atoms with Gasteiger partial charge in [-0.25, -0.2) is 13.1 Å². The summed E-state index contributed by atoms with van der Waals surface area (Å²) >= 11 is 10.8. The maximum absolute atomic E-state index is 12.2. The second-order valence-electron chi connectivity index (χ2n) is 4.32. The third-order valence-electron chi connectivity index (χ3n) is 2.58. The zero-order valence-corrected chi connectivity index (χ0v) is 13.2. The van der Waals surface area contributed by atoms with Gasteiger partial charge in [-0.3, -0.25) is 0 Å². The summed E-state index contributed by atoms with van der Waals surface area (Å²) < 4.78 is 26.9. The van der Waals surface area contributed by atoms with E-state index in [9.17, 15) is 8.42 Å². The third kappa shape index (κ3) is 4.42. The van der Waals surface area contributed by atoms with Crippen LogP contribution in [-0.4, -0.2) is 19.4 Å². The molecule has 0 aliphatic carbocycles. The fraction of sp³-hybridized carbons (Fsp3) is 0.417. The molecule has 7 heteroatoms. The first-order valence-corrected chi connectivity index (χ1v) is 8.16. The van der Waals surface area contributed by atoms with E-state index in [0.717, 1.165) is 12.8 Å². The second-order valence-corrected chi connectivity index (χ2v) is 6.85. The smallest absolute Gasteiger partial charge is 0.242 e. The van der Waals surface area contributed by atoms with Crippen molar-refractivity contribution < 1.29 is 8.42 Å². The SMILES string of the molecule is CCCC(C)NS(=O)(=O)c1ccc(C(N)=S)cc1Cl. The summed E-state index contributed by atoms with van der Waals surface area (Å²) in [6, 6.07) is 4.29. The lowest BCUT2D eigenvalue weighted by molar-refractivity contribution is 0.544. The highest BCUT2D eigenvalue weighted by Gasteiger charge is 2.20. The first-order valence-electron chi connectivity index (χ1n) is 5.89. The summed E-state index contributed by atoms with van der Waals surface area (Å²) in [6.07, 6.45) is 1.67. The molecule has 1 unspecified atom stereocenters. The lowest BCUT2D eigenvalue weighted by atomic mass is 10.2. The third-order valence-corrected chi connectivity index (χ3v) is 4.89. The Morgan fingerprint density at radius 1 is 1.53 bits per heavy atom. The largest absolute Gasteiger partial charge is 0.389 e. The Morgan fingerprint density at radius 3 is 2.63 bits per heavy atom. The highest BCUT2D eigenvalue weighted by atomic mass is 35.5. The molecule has 0 fully saturated rings. The number of sulfonamides is 1. The molecule has 1 aromatic rings. The Bertz CT molecular complexity index is 573. The van der Waals surface area contributed by atoms with Crippen LogP contribution in [0.25, 0.3) is 0 Å². The maximum atomic E-state index is 12.2. The van der Waals surface area contributed by atoms with Crippen molar-refractivity contribution in [3.63, 3.8) is 0 Å². The van der Waals surface area contributed by atoms with E-state index in [2.05, 4.69) is 4.72 Å². The summed E-state index contributed by atoms with van der Waals surface area (Å²) in [7, 11) is -3.62. The standard InChI is InChI=1S/C12H17ClN2O2S2/c1-3-4-8(2)15-19(16,17)11-6-5-9(12(14)18)7-10(11)13/h5-8,15H,3-4H2,1-2H3,(H2,14,18). The molecule has 0 aliphatic rings. The fourth-order valence-corrected chi connectivity index (χ4v) is 3.64. The number of nitrogens with one attached hydrogen (secondary N) is 1. The van der Waals surface area contributed by atoms with Gasteiger partial charge in [-0.2, -0.15) is 0 Å². The van der Waals surface area contributed by atoms with Crippen LogP contribution in [0.4, 0.5) is 0 Å². The molecule has 0 spiro atoms. The van der Waals surface area contributed by atoms with Crippen molar-refractivity contribution in [2.24, 2.45) is 5.73 Å². The number of hydrogen-bond acceptors (Lipinski definition) is 3. The molecule has 106 valence electrons. The Balaban J connectivity index is 3.05. The predicted molar refractivity (Wildman–Crippen MR) is 82.0 cm³/mol. The summed E-state index contributed by atoms with van der Waals surface area (Å²) in [5.74, 6) is 0. The summed E-state index contributed by atoms with van der Waals surface area (Å²) in [4.78, 5) is 0.218. The highest BCUT2D eigenvalue weighted by molar-refractivity contribution is 7.89. The normalized spacial score (nSPS) is 13.2. The number of hydrogen-bond donors (Lipinski definition) is 2. The minimum atomic E-state index is -3.62. The second kappa shape index (κ2) is 6.65. The van der Waals surface area contributed by atoms with Crippen LogP contribution in [0, 0.1) is 0 Å². The minimum absolute atomic E-state index is 0.0390. The lowest BCUT2D eigenvalue weighted by Gasteiger charge is -2.14. The molecule has 19 heavy (non-hydrogen) atoms. The molecule has 0 aromatic heterocycles. The van der Waals surface area contributed by atoms with Gasteiger partial charge in [0.2, 0.25) is 10.0 Å². The summed E-state index contributed by atoms with van der Waals surface area (Å²) in [5, 5.41) is 0.112. The molecule has 0 heterocycles. The van der Waals surface area contributed by atoms with Crippen molar-refractivity contribution in [2.45, 2.75) is 37.6 Å². The van der Waals surface area contributed by atoms with Crippen LogP contribution in [0.15, 0.2) is 23.1 Å². The van der Waals surface area contributed by atoms with Crippen LogP contribution >= 0.6 is 23.8 Å². The Labute approximate surface area is 124 Å². The monoisotopic (exact) mass is 320 g/mol. The van der Waals surface area contributed by atoms with Gasteiger partial charge in [0.1, 0.15) is 9.88 Å². The maximum Gasteiger partial charge on any atom is 0.242 e. The van der Waals surface area contributed by atoms with Gasteiger partial charge >= 0.3 is 0 Å². The number of nitrogens with two attached hydrogens (primary N) is 1. The molecule has 0 saturated carbocycles. The predicted octanol–water partition coefficient (Wildman–Crippen LogP) is 2.44. The van der Waals surface area contributed by atoms with Crippen molar-refractivity contribution >= 4 is 38.8 Å². The molecule has 0 bridgehead atoms. The zero-order chi connectivity index (χ0) is 14.6. The lowest BCUT2D eigenvalue weighted by Crippen LogP contribution is -2.32. The number of rotatable bonds is 6. The summed E-state index contributed by atoms with van der Waals surface area (Å²) in [5.41, 5.74) is 6.01. The minimum Gasteiger partial charge on any atom is -0.389 e. The Hall–Kier alpha value is -0.690. The van der Waals surface area contributed by atoms with E-state index in [1.54, 1.807) is 6.07 Å². The molecule has 1 aromatic carbocycles. The van der Waals surface area contributed by atoms with Crippen molar-refractivity contribution in [1.82, 2.24) is 4.72 Å². The first-order chi connectivity index (χ1) is 8.77. The van der Waals surface area contributed by atoms with Gasteiger partial charge in [0.05, 0.1) is 5.02 Å². The van der Waals surface area contributed by atoms with Gasteiger partial charge in [-0.1, -0.05) is 43.2 Å². The molecule has 0 saturated heterocycles. The van der Waals surface area contributed by atoms with Crippen molar-refractivity contribution in [3.05, 3.63) is 28.8 Å². The van der Waals surface area contributed by atoms with Crippen LogP contribution in [0.2, 0.25) is 5.02 Å². The number of halogens is 1. The fourth-order valence-electron chi connectivity index (χ4n) is 1.69. The van der Waals surface area contributed by atoms with Crippen LogP contribution < -0.4 is 10.5 Å². The first kappa shape index (κ1) is 16.4. The Kier molecular flexibility index (Phi) is 5.73. The van der Waals surface area contributed by atoms with E-state index < -0.39 is 10.0 Å². The van der Waals surface area contributed by atoms with Gasteiger partial charge < -0.3 is 5.73 Å². The van der Waals surface area contributed by atoms with Crippen molar-refractivity contribution in [2.75, 3.05) is 0 Å². The molecule has 3 N–H and O–H groups in total. The topological polar surface area (TPSA) is 72.2 Å². The van der Waals surface area contributed by atoms with E-state index in [0.29, 0.717) is 5.56 Å². The molecule has 0 aliphatic heterocycles. The highest BCUT2D eigenvalue weighted by Crippen LogP contribution is 2.23. The zero-order valence-electron chi connectivity index (χ0n) is 10.8. The molecule has 1 atom stereocenters. The number of benzene rings is 1. The van der Waals surface area contributed by atoms with Crippen LogP contribution in [0.1, 0.15) is 32.3 Å². The summed E-state index contributed by atoms with van der Waals surface area (Å²) in [6.45, 7) is 3.81. The molecular weight excluding hydrogens is 304 g/mol. The molecule has 0 radical (unpaired) electrons. The van der Waals surface area contributed by atoms with Crippen LogP contribution in [-0.2, 0) is 10.0 Å². The van der Waals surface area contributed by atoms with Gasteiger partial charge in [0.25, 0.3) is 0 Å². The van der Waals surface area contributed by atoms with Crippen molar-refractivity contribution in [1.29, 1.82) is 0 Å². The average Bonchev–Trinajstić information content (AvgIpc) is 2.27. The molecule has 4 nitrogen and oxygen atoms in total. The molecule has 0 amide bonds. The van der Waals surface area contributed by atoms with Gasteiger partial charge in [-0.05, 0) is 25.5 Å². The van der Waals surface area contributed by atoms with E-state index in [1.165, 1.54) is 12.1 Å². The molecular formula is C12H17ClN2O2S2. The van der Waals surface area contributed by atoms with E-state index in [-0.39, 0.29) is 20.9 Å².